The van der Waals surface area contributed by atoms with E-state index in [1.807, 2.05) is 29.8 Å². The number of anilines is 1. The summed E-state index contributed by atoms with van der Waals surface area (Å²) in [6, 6.07) is 18.4. The molecule has 7 heteroatoms. The lowest BCUT2D eigenvalue weighted by Crippen LogP contribution is -2.32. The number of aromatic nitrogens is 3. The lowest BCUT2D eigenvalue weighted by molar-refractivity contribution is -0.146. The van der Waals surface area contributed by atoms with Gasteiger partial charge in [0.05, 0.1) is 5.57 Å². The Morgan fingerprint density at radius 3 is 2.50 bits per heavy atom. The zero-order valence-electron chi connectivity index (χ0n) is 21.2. The van der Waals surface area contributed by atoms with Gasteiger partial charge >= 0.3 is 5.97 Å². The van der Waals surface area contributed by atoms with Gasteiger partial charge in [-0.25, -0.2) is 9.48 Å². The van der Waals surface area contributed by atoms with Crippen LogP contribution in [0.3, 0.4) is 0 Å². The quantitative estimate of drug-likeness (QED) is 0.281. The Kier molecular flexibility index (Phi) is 7.46. The molecule has 2 aliphatic rings. The summed E-state index contributed by atoms with van der Waals surface area (Å²) < 4.78 is 7.89. The normalized spacial score (nSPS) is 18.2. The summed E-state index contributed by atoms with van der Waals surface area (Å²) in [5.74, 6) is 1.60. The lowest BCUT2D eigenvalue weighted by atomic mass is 9.93. The molecule has 1 saturated carbocycles. The first kappa shape index (κ1) is 24.6. The van der Waals surface area contributed by atoms with Gasteiger partial charge in [0, 0.05) is 11.4 Å². The molecule has 6 nitrogen and oxygen atoms in total. The Hall–Kier alpha value is -3.06. The van der Waals surface area contributed by atoms with Crippen LogP contribution in [0, 0.1) is 0 Å². The maximum absolute atomic E-state index is 13.6. The summed E-state index contributed by atoms with van der Waals surface area (Å²) in [5.41, 5.74) is 4.86. The summed E-state index contributed by atoms with van der Waals surface area (Å²) >= 11 is 1.59. The zero-order valence-corrected chi connectivity index (χ0v) is 22.1. The molecule has 0 bridgehead atoms. The molecule has 188 valence electrons. The molecule has 2 aromatic carbocycles. The molecule has 1 aliphatic heterocycles. The number of nitrogens with one attached hydrogen (secondary N) is 1. The van der Waals surface area contributed by atoms with E-state index in [1.165, 1.54) is 17.5 Å². The monoisotopic (exact) mass is 502 g/mol. The van der Waals surface area contributed by atoms with E-state index < -0.39 is 6.04 Å². The molecule has 0 saturated heterocycles. The topological polar surface area (TPSA) is 69.0 Å². The number of thioether (sulfide) groups is 1. The predicted octanol–water partition coefficient (Wildman–Crippen LogP) is 6.86. The smallest absolute Gasteiger partial charge is 0.338 e. The number of carbonyl (C=O) groups excluding carboxylic acids is 1. The Balaban J connectivity index is 1.47. The van der Waals surface area contributed by atoms with Gasteiger partial charge in [0.25, 0.3) is 0 Å². The lowest BCUT2D eigenvalue weighted by Gasteiger charge is -2.30. The van der Waals surface area contributed by atoms with Crippen LogP contribution in [0.15, 0.2) is 71.0 Å². The van der Waals surface area contributed by atoms with Crippen LogP contribution in [-0.2, 0) is 15.3 Å². The fourth-order valence-electron chi connectivity index (χ4n) is 4.95. The van der Waals surface area contributed by atoms with E-state index in [0.717, 1.165) is 42.7 Å². The molecular formula is C29H34N4O2S. The van der Waals surface area contributed by atoms with E-state index in [1.54, 1.807) is 11.8 Å². The van der Waals surface area contributed by atoms with Crippen LogP contribution in [0.5, 0.6) is 0 Å². The fraction of sp³-hybridized carbons (Fsp3) is 0.414. The molecule has 1 aliphatic carbocycles. The van der Waals surface area contributed by atoms with Crippen LogP contribution in [0.25, 0.3) is 0 Å². The maximum Gasteiger partial charge on any atom is 0.338 e. The van der Waals surface area contributed by atoms with E-state index in [0.29, 0.717) is 22.6 Å². The minimum Gasteiger partial charge on any atom is -0.459 e. The number of benzene rings is 2. The number of allylic oxidation sites excluding steroid dienone is 1. The molecule has 1 atom stereocenters. The van der Waals surface area contributed by atoms with Crippen molar-refractivity contribution in [3.8, 4) is 0 Å². The molecule has 0 spiro atoms. The summed E-state index contributed by atoms with van der Waals surface area (Å²) in [6.45, 7) is 6.30. The first-order chi connectivity index (χ1) is 17.5. The van der Waals surface area contributed by atoms with Crippen molar-refractivity contribution in [2.75, 3.05) is 5.32 Å². The number of nitrogens with zero attached hydrogens (tertiary/aromatic N) is 3. The van der Waals surface area contributed by atoms with Crippen LogP contribution >= 0.6 is 11.8 Å². The average Bonchev–Trinajstić information content (AvgIpc) is 3.30. The molecule has 36 heavy (non-hydrogen) atoms. The van der Waals surface area contributed by atoms with Crippen molar-refractivity contribution < 1.29 is 9.53 Å². The molecule has 2 heterocycles. The minimum atomic E-state index is -0.392. The molecule has 5 rings (SSSR count). The summed E-state index contributed by atoms with van der Waals surface area (Å²) in [4.78, 5) is 18.3. The van der Waals surface area contributed by atoms with Gasteiger partial charge in [-0.3, -0.25) is 0 Å². The van der Waals surface area contributed by atoms with Crippen LogP contribution in [0.2, 0.25) is 0 Å². The molecule has 0 amide bonds. The van der Waals surface area contributed by atoms with Gasteiger partial charge in [0.1, 0.15) is 12.1 Å². The number of rotatable bonds is 7. The molecular weight excluding hydrogens is 468 g/mol. The number of esters is 1. The zero-order chi connectivity index (χ0) is 25.1. The van der Waals surface area contributed by atoms with Gasteiger partial charge in [-0.15, -0.1) is 5.10 Å². The number of fused-ring (bicyclic) bond motifs is 1. The van der Waals surface area contributed by atoms with Gasteiger partial charge in [0.15, 0.2) is 0 Å². The number of ether oxygens (including phenoxy) is 1. The molecule has 0 radical (unpaired) electrons. The molecule has 1 unspecified atom stereocenters. The van der Waals surface area contributed by atoms with Gasteiger partial charge in [-0.2, -0.15) is 4.98 Å². The third-order valence-electron chi connectivity index (χ3n) is 7.01. The van der Waals surface area contributed by atoms with Crippen molar-refractivity contribution in [2.24, 2.45) is 0 Å². The second-order valence-corrected chi connectivity index (χ2v) is 10.9. The third-order valence-corrected chi connectivity index (χ3v) is 7.92. The summed E-state index contributed by atoms with van der Waals surface area (Å²) in [5, 5.41) is 8.87. The van der Waals surface area contributed by atoms with E-state index in [4.69, 9.17) is 14.8 Å². The molecule has 1 aromatic heterocycles. The third kappa shape index (κ3) is 5.36. The fourth-order valence-corrected chi connectivity index (χ4v) is 5.73. The van der Waals surface area contributed by atoms with Gasteiger partial charge in [0.2, 0.25) is 11.1 Å². The summed E-state index contributed by atoms with van der Waals surface area (Å²) in [7, 11) is 0. The largest absolute Gasteiger partial charge is 0.459 e. The maximum atomic E-state index is 13.6. The van der Waals surface area contributed by atoms with E-state index >= 15 is 0 Å². The van der Waals surface area contributed by atoms with Crippen molar-refractivity contribution in [1.29, 1.82) is 0 Å². The molecule has 1 fully saturated rings. The average molecular weight is 503 g/mol. The molecule has 1 N–H and O–H groups in total. The highest BCUT2D eigenvalue weighted by atomic mass is 32.2. The van der Waals surface area contributed by atoms with Crippen molar-refractivity contribution in [2.45, 2.75) is 81.8 Å². The SMILES string of the molecule is CC1=C(C(=O)OC2CCCCC2)C(c2ccc(C(C)C)cc2)n2nc(SCc3ccccc3)nc2N1. The van der Waals surface area contributed by atoms with Crippen molar-refractivity contribution in [3.05, 3.63) is 82.6 Å². The van der Waals surface area contributed by atoms with Gasteiger partial charge < -0.3 is 10.1 Å². The Labute approximate surface area is 217 Å². The Morgan fingerprint density at radius 1 is 1.08 bits per heavy atom. The Bertz CT molecular complexity index is 1230. The Morgan fingerprint density at radius 2 is 1.81 bits per heavy atom. The number of hydrogen-bond acceptors (Lipinski definition) is 6. The first-order valence-corrected chi connectivity index (χ1v) is 13.9. The highest BCUT2D eigenvalue weighted by Gasteiger charge is 2.36. The minimum absolute atomic E-state index is 0.00958. The first-order valence-electron chi connectivity index (χ1n) is 12.9. The van der Waals surface area contributed by atoms with Crippen LogP contribution in [0.4, 0.5) is 5.95 Å². The van der Waals surface area contributed by atoms with Gasteiger partial charge in [-0.05, 0) is 55.2 Å². The number of carbonyl (C=O) groups is 1. The molecule has 3 aromatic rings. The summed E-state index contributed by atoms with van der Waals surface area (Å²) in [6.07, 6.45) is 5.31. The predicted molar refractivity (Wildman–Crippen MR) is 144 cm³/mol. The van der Waals surface area contributed by atoms with Crippen molar-refractivity contribution >= 4 is 23.7 Å². The van der Waals surface area contributed by atoms with Crippen molar-refractivity contribution in [3.63, 3.8) is 0 Å². The van der Waals surface area contributed by atoms with Crippen LogP contribution in [-0.4, -0.2) is 26.8 Å². The van der Waals surface area contributed by atoms with E-state index in [2.05, 4.69) is 55.6 Å². The van der Waals surface area contributed by atoms with E-state index in [9.17, 15) is 4.79 Å². The van der Waals surface area contributed by atoms with Crippen LogP contribution in [0.1, 0.15) is 81.5 Å². The van der Waals surface area contributed by atoms with Crippen molar-refractivity contribution in [1.82, 2.24) is 14.8 Å². The second kappa shape index (κ2) is 10.9. The standard InChI is InChI=1S/C29H34N4O2S/c1-19(2)22-14-16-23(17-15-22)26-25(27(34)35-24-12-8-5-9-13-24)20(3)30-28-31-29(32-33(26)28)36-18-21-10-6-4-7-11-21/h4,6-7,10-11,14-17,19,24,26H,5,8-9,12-13,18H2,1-3H3,(H,30,31,32). The highest BCUT2D eigenvalue weighted by Crippen LogP contribution is 2.38. The van der Waals surface area contributed by atoms with E-state index in [-0.39, 0.29) is 12.1 Å². The number of hydrogen-bond donors (Lipinski definition) is 1. The highest BCUT2D eigenvalue weighted by molar-refractivity contribution is 7.98. The van der Waals surface area contributed by atoms with Gasteiger partial charge in [-0.1, -0.05) is 86.6 Å². The second-order valence-electron chi connectivity index (χ2n) is 9.99. The van der Waals surface area contributed by atoms with Crippen LogP contribution < -0.4 is 5.32 Å².